The van der Waals surface area contributed by atoms with Gasteiger partial charge in [-0.15, -0.1) is 0 Å². The highest BCUT2D eigenvalue weighted by Gasteiger charge is 2.27. The number of hydrogen-bond acceptors (Lipinski definition) is 6. The number of rotatable bonds is 3. The lowest BCUT2D eigenvalue weighted by atomic mass is 9.88. The molecule has 1 aromatic heterocycles. The Labute approximate surface area is 198 Å². The lowest BCUT2D eigenvalue weighted by Gasteiger charge is -2.39. The van der Waals surface area contributed by atoms with Crippen LogP contribution >= 0.6 is 0 Å². The maximum atomic E-state index is 12.4. The molecule has 3 rings (SSSR count). The first-order chi connectivity index (χ1) is 15.4. The Hall–Kier alpha value is -2.61. The van der Waals surface area contributed by atoms with Gasteiger partial charge in [-0.05, 0) is 40.0 Å². The highest BCUT2D eigenvalue weighted by atomic mass is 16.1. The first-order valence-electron chi connectivity index (χ1n) is 11.8. The molecular formula is C25H39N7O. The molecule has 2 aliphatic heterocycles. The molecule has 0 bridgehead atoms. The molecule has 0 N–H and O–H groups in total. The van der Waals surface area contributed by atoms with Gasteiger partial charge in [0, 0.05) is 74.7 Å². The summed E-state index contributed by atoms with van der Waals surface area (Å²) in [5.41, 5.74) is 2.70. The lowest BCUT2D eigenvalue weighted by Crippen LogP contribution is -2.49. The fraction of sp³-hybridized carbons (Fsp3) is 0.640. The van der Waals surface area contributed by atoms with E-state index in [9.17, 15) is 4.79 Å². The first kappa shape index (κ1) is 25.0. The zero-order valence-corrected chi connectivity index (χ0v) is 21.4. The third-order valence-corrected chi connectivity index (χ3v) is 6.29. The average molecular weight is 454 g/mol. The number of guanidine groups is 1. The van der Waals surface area contributed by atoms with E-state index in [1.54, 1.807) is 12.4 Å². The van der Waals surface area contributed by atoms with E-state index in [0.29, 0.717) is 17.5 Å². The quantitative estimate of drug-likeness (QED) is 0.395. The lowest BCUT2D eigenvalue weighted by molar-refractivity contribution is 0.0857. The third kappa shape index (κ3) is 6.05. The van der Waals surface area contributed by atoms with Crippen LogP contribution in [-0.2, 0) is 0 Å². The van der Waals surface area contributed by atoms with Gasteiger partial charge in [0.15, 0.2) is 5.78 Å². The Balaban J connectivity index is 1.64. The van der Waals surface area contributed by atoms with Crippen molar-refractivity contribution in [2.24, 2.45) is 15.4 Å². The molecule has 0 aromatic carbocycles. The van der Waals surface area contributed by atoms with Crippen molar-refractivity contribution in [3.63, 3.8) is 0 Å². The number of aromatic nitrogens is 2. The molecule has 180 valence electrons. The summed E-state index contributed by atoms with van der Waals surface area (Å²) < 4.78 is 0. The van der Waals surface area contributed by atoms with Crippen molar-refractivity contribution in [1.29, 1.82) is 0 Å². The molecular weight excluding hydrogens is 414 g/mol. The second kappa shape index (κ2) is 9.71. The van der Waals surface area contributed by atoms with E-state index in [2.05, 4.69) is 64.1 Å². The molecule has 8 heteroatoms. The van der Waals surface area contributed by atoms with Crippen molar-refractivity contribution in [2.45, 2.75) is 60.4 Å². The van der Waals surface area contributed by atoms with Crippen LogP contribution in [0.25, 0.3) is 0 Å². The summed E-state index contributed by atoms with van der Waals surface area (Å²) in [6, 6.07) is 0. The van der Waals surface area contributed by atoms with E-state index in [-0.39, 0.29) is 11.3 Å². The highest BCUT2D eigenvalue weighted by Crippen LogP contribution is 2.25. The van der Waals surface area contributed by atoms with E-state index in [1.165, 1.54) is 5.57 Å². The van der Waals surface area contributed by atoms with E-state index in [0.717, 1.165) is 51.4 Å². The van der Waals surface area contributed by atoms with Crippen LogP contribution in [0.15, 0.2) is 33.6 Å². The van der Waals surface area contributed by atoms with Crippen LogP contribution < -0.4 is 4.90 Å². The topological polar surface area (TPSA) is 77.3 Å². The van der Waals surface area contributed by atoms with Gasteiger partial charge in [-0.3, -0.25) is 9.69 Å². The maximum absolute atomic E-state index is 12.4. The molecule has 1 aromatic rings. The standard InChI is InChI=1S/C25H39N7O/c1-18-17-32(25(5,6)7)10-9-20(18)29-22(26-8)30-11-13-31(14-12-30)23-27-15-19(16-28-23)21(33)24(2,3)4/h15-16H,8-14,17H2,1-7H3/b29-22+. The summed E-state index contributed by atoms with van der Waals surface area (Å²) in [7, 11) is 0. The van der Waals surface area contributed by atoms with E-state index >= 15 is 0 Å². The summed E-state index contributed by atoms with van der Waals surface area (Å²) >= 11 is 0. The average Bonchev–Trinajstić information content (AvgIpc) is 2.77. The van der Waals surface area contributed by atoms with Gasteiger partial charge in [-0.25, -0.2) is 20.0 Å². The number of carbonyl (C=O) groups excluding carboxylic acids is 1. The van der Waals surface area contributed by atoms with Gasteiger partial charge in [0.1, 0.15) is 0 Å². The summed E-state index contributed by atoms with van der Waals surface area (Å²) in [5.74, 6) is 1.40. The number of carbonyl (C=O) groups is 1. The monoisotopic (exact) mass is 453 g/mol. The van der Waals surface area contributed by atoms with Crippen LogP contribution in [0.5, 0.6) is 0 Å². The minimum atomic E-state index is -0.443. The van der Waals surface area contributed by atoms with Gasteiger partial charge < -0.3 is 9.80 Å². The predicted octanol–water partition coefficient (Wildman–Crippen LogP) is 3.66. The molecule has 8 nitrogen and oxygen atoms in total. The van der Waals surface area contributed by atoms with Crippen LogP contribution in [0, 0.1) is 5.41 Å². The van der Waals surface area contributed by atoms with Crippen molar-refractivity contribution < 1.29 is 4.79 Å². The molecule has 2 aliphatic rings. The molecule has 0 saturated carbocycles. The third-order valence-electron chi connectivity index (χ3n) is 6.29. The summed E-state index contributed by atoms with van der Waals surface area (Å²) in [6.07, 6.45) is 4.20. The molecule has 0 radical (unpaired) electrons. The number of ketones is 1. The number of aliphatic imine (C=N–C) groups is 2. The molecule has 0 atom stereocenters. The van der Waals surface area contributed by atoms with Crippen LogP contribution in [-0.4, -0.2) is 83.0 Å². The predicted molar refractivity (Wildman–Crippen MR) is 135 cm³/mol. The normalized spacial score (nSPS) is 19.2. The van der Waals surface area contributed by atoms with Crippen LogP contribution in [0.1, 0.15) is 65.2 Å². The Morgan fingerprint density at radius 1 is 1.00 bits per heavy atom. The zero-order chi connectivity index (χ0) is 24.4. The Morgan fingerprint density at radius 2 is 1.61 bits per heavy atom. The second-order valence-electron chi connectivity index (χ2n) is 11.0. The summed E-state index contributed by atoms with van der Waals surface area (Å²) in [6.45, 7) is 23.4. The Kier molecular flexibility index (Phi) is 7.36. The molecule has 33 heavy (non-hydrogen) atoms. The first-order valence-corrected chi connectivity index (χ1v) is 11.8. The van der Waals surface area contributed by atoms with Crippen molar-refractivity contribution >= 4 is 24.4 Å². The van der Waals surface area contributed by atoms with Crippen LogP contribution in [0.4, 0.5) is 5.95 Å². The zero-order valence-electron chi connectivity index (χ0n) is 21.4. The maximum Gasteiger partial charge on any atom is 0.225 e. The van der Waals surface area contributed by atoms with E-state index in [4.69, 9.17) is 4.99 Å². The molecule has 0 aliphatic carbocycles. The number of hydrogen-bond donors (Lipinski definition) is 0. The summed E-state index contributed by atoms with van der Waals surface area (Å²) in [4.78, 5) is 37.3. The van der Waals surface area contributed by atoms with Crippen LogP contribution in [0.2, 0.25) is 0 Å². The second-order valence-corrected chi connectivity index (χ2v) is 11.0. The fourth-order valence-electron chi connectivity index (χ4n) is 4.10. The van der Waals surface area contributed by atoms with Gasteiger partial charge >= 0.3 is 0 Å². The van der Waals surface area contributed by atoms with Crippen LogP contribution in [0.3, 0.4) is 0 Å². The molecule has 0 amide bonds. The minimum Gasteiger partial charge on any atom is -0.337 e. The van der Waals surface area contributed by atoms with Crippen molar-refractivity contribution in [3.8, 4) is 0 Å². The highest BCUT2D eigenvalue weighted by molar-refractivity contribution is 5.99. The smallest absolute Gasteiger partial charge is 0.225 e. The van der Waals surface area contributed by atoms with Gasteiger partial charge in [0.05, 0.1) is 5.56 Å². The van der Waals surface area contributed by atoms with Gasteiger partial charge in [-0.2, -0.15) is 0 Å². The van der Waals surface area contributed by atoms with Crippen molar-refractivity contribution in [3.05, 3.63) is 29.2 Å². The largest absolute Gasteiger partial charge is 0.337 e. The number of nitrogens with zero attached hydrogens (tertiary/aromatic N) is 7. The molecule has 3 heterocycles. The van der Waals surface area contributed by atoms with Gasteiger partial charge in [0.2, 0.25) is 11.9 Å². The number of piperazine rings is 1. The van der Waals surface area contributed by atoms with E-state index < -0.39 is 5.41 Å². The summed E-state index contributed by atoms with van der Waals surface area (Å²) in [5, 5.41) is 0. The van der Waals surface area contributed by atoms with Crippen molar-refractivity contribution in [1.82, 2.24) is 19.8 Å². The molecule has 0 unspecified atom stereocenters. The number of Topliss-reactive ketones (excluding diaryl/α,β-unsaturated/α-hetero) is 1. The Morgan fingerprint density at radius 3 is 2.09 bits per heavy atom. The van der Waals surface area contributed by atoms with Gasteiger partial charge in [0.25, 0.3) is 0 Å². The van der Waals surface area contributed by atoms with Gasteiger partial charge in [-0.1, -0.05) is 20.8 Å². The molecule has 1 fully saturated rings. The van der Waals surface area contributed by atoms with Crippen molar-refractivity contribution in [2.75, 3.05) is 44.2 Å². The molecule has 0 spiro atoms. The van der Waals surface area contributed by atoms with E-state index in [1.807, 2.05) is 20.8 Å². The minimum absolute atomic E-state index is 0.0507. The number of anilines is 1. The molecule has 1 saturated heterocycles. The Bertz CT molecular complexity index is 927. The fourth-order valence-corrected chi connectivity index (χ4v) is 4.10. The SMILES string of the molecule is C=N/C(=N\C1=C(C)CN(C(C)(C)C)CC1)N1CCN(c2ncc(C(=O)C(C)(C)C)cn2)CC1.